The second kappa shape index (κ2) is 4.71. The van der Waals surface area contributed by atoms with Gasteiger partial charge >= 0.3 is 0 Å². The minimum absolute atomic E-state index is 0.335. The van der Waals surface area contributed by atoms with E-state index in [1.165, 1.54) is 19.3 Å². The summed E-state index contributed by atoms with van der Waals surface area (Å²) in [5.74, 6) is 0.335. The van der Waals surface area contributed by atoms with Crippen molar-refractivity contribution in [2.45, 2.75) is 51.7 Å². The summed E-state index contributed by atoms with van der Waals surface area (Å²) in [6, 6.07) is 6.07. The predicted octanol–water partition coefficient (Wildman–Crippen LogP) is 3.46. The van der Waals surface area contributed by atoms with Gasteiger partial charge < -0.3 is 15.2 Å². The minimum Gasteiger partial charge on any atom is -0.508 e. The number of phenols is 1. The summed E-state index contributed by atoms with van der Waals surface area (Å²) in [6.07, 6.45) is 5.45. The number of benzene rings is 1. The number of hydrogen-bond donors (Lipinski definition) is 2. The van der Waals surface area contributed by atoms with Crippen LogP contribution in [0.15, 0.2) is 18.2 Å². The first-order valence-electron chi connectivity index (χ1n) is 7.33. The summed E-state index contributed by atoms with van der Waals surface area (Å²) in [5, 5.41) is 13.1. The lowest BCUT2D eigenvalue weighted by Crippen LogP contribution is -2.64. The van der Waals surface area contributed by atoms with Gasteiger partial charge in [-0.15, -0.1) is 0 Å². The van der Waals surface area contributed by atoms with Crippen molar-refractivity contribution in [3.63, 3.8) is 0 Å². The fourth-order valence-electron chi connectivity index (χ4n) is 3.64. The highest BCUT2D eigenvalue weighted by Crippen LogP contribution is 2.58. The van der Waals surface area contributed by atoms with Gasteiger partial charge in [-0.2, -0.15) is 0 Å². The molecule has 0 saturated heterocycles. The maximum absolute atomic E-state index is 9.47. The van der Waals surface area contributed by atoms with Gasteiger partial charge in [-0.1, -0.05) is 6.42 Å². The van der Waals surface area contributed by atoms with Gasteiger partial charge in [-0.05, 0) is 56.9 Å². The van der Waals surface area contributed by atoms with Gasteiger partial charge in [0.2, 0.25) is 0 Å². The molecule has 0 aliphatic heterocycles. The Morgan fingerprint density at radius 1 is 1.42 bits per heavy atom. The van der Waals surface area contributed by atoms with E-state index >= 15 is 0 Å². The monoisotopic (exact) mass is 261 g/mol. The highest BCUT2D eigenvalue weighted by molar-refractivity contribution is 5.55. The number of hydrogen-bond acceptors (Lipinski definition) is 3. The van der Waals surface area contributed by atoms with Crippen LogP contribution in [-0.4, -0.2) is 23.9 Å². The lowest BCUT2D eigenvalue weighted by atomic mass is 9.51. The highest BCUT2D eigenvalue weighted by Gasteiger charge is 2.58. The molecule has 0 radical (unpaired) electrons. The zero-order valence-electron chi connectivity index (χ0n) is 11.8. The molecule has 104 valence electrons. The maximum atomic E-state index is 9.47. The normalized spacial score (nSPS) is 27.7. The number of anilines is 1. The molecule has 0 bridgehead atoms. The lowest BCUT2D eigenvalue weighted by Gasteiger charge is -2.61. The number of nitrogens with one attached hydrogen (secondary N) is 1. The Bertz CT molecular complexity index is 468. The maximum Gasteiger partial charge on any atom is 0.115 e. The van der Waals surface area contributed by atoms with Gasteiger partial charge in [0.1, 0.15) is 5.75 Å². The molecule has 1 spiro atoms. The van der Waals surface area contributed by atoms with Crippen molar-refractivity contribution >= 4 is 5.69 Å². The molecule has 2 N–H and O–H groups in total. The Morgan fingerprint density at radius 2 is 2.21 bits per heavy atom. The largest absolute Gasteiger partial charge is 0.508 e. The van der Waals surface area contributed by atoms with Crippen LogP contribution in [0.2, 0.25) is 0 Å². The van der Waals surface area contributed by atoms with Crippen LogP contribution in [0.5, 0.6) is 5.75 Å². The quantitative estimate of drug-likeness (QED) is 0.816. The number of ether oxygens (including phenoxy) is 1. The summed E-state index contributed by atoms with van der Waals surface area (Å²) >= 11 is 0. The molecule has 1 aromatic carbocycles. The smallest absolute Gasteiger partial charge is 0.115 e. The minimum atomic E-state index is 0.335. The molecular formula is C16H23NO2. The molecule has 1 aromatic rings. The molecule has 2 saturated carbocycles. The Hall–Kier alpha value is -1.22. The predicted molar refractivity (Wildman–Crippen MR) is 76.6 cm³/mol. The van der Waals surface area contributed by atoms with Gasteiger partial charge in [-0.25, -0.2) is 0 Å². The summed E-state index contributed by atoms with van der Waals surface area (Å²) < 4.78 is 5.87. The SMILES string of the molecule is CCOC1CC(Nc2ccc(O)cc2C)C12CCC2. The van der Waals surface area contributed by atoms with Gasteiger partial charge in [0.15, 0.2) is 0 Å². The van der Waals surface area contributed by atoms with E-state index in [0.717, 1.165) is 24.3 Å². The van der Waals surface area contributed by atoms with Crippen LogP contribution in [0.25, 0.3) is 0 Å². The first-order chi connectivity index (χ1) is 9.15. The van der Waals surface area contributed by atoms with Crippen molar-refractivity contribution in [2.24, 2.45) is 5.41 Å². The van der Waals surface area contributed by atoms with Crippen molar-refractivity contribution in [3.8, 4) is 5.75 Å². The summed E-state index contributed by atoms with van der Waals surface area (Å²) in [7, 11) is 0. The highest BCUT2D eigenvalue weighted by atomic mass is 16.5. The fourth-order valence-corrected chi connectivity index (χ4v) is 3.64. The molecule has 0 aromatic heterocycles. The Labute approximate surface area is 115 Å². The van der Waals surface area contributed by atoms with E-state index in [-0.39, 0.29) is 0 Å². The Morgan fingerprint density at radius 3 is 2.79 bits per heavy atom. The van der Waals surface area contributed by atoms with Crippen LogP contribution < -0.4 is 5.32 Å². The molecule has 0 amide bonds. The van der Waals surface area contributed by atoms with Gasteiger partial charge in [0.25, 0.3) is 0 Å². The molecule has 2 unspecified atom stereocenters. The van der Waals surface area contributed by atoms with Crippen molar-refractivity contribution in [3.05, 3.63) is 23.8 Å². The van der Waals surface area contributed by atoms with Gasteiger partial charge in [0.05, 0.1) is 6.10 Å². The van der Waals surface area contributed by atoms with Crippen LogP contribution in [0.4, 0.5) is 5.69 Å². The van der Waals surface area contributed by atoms with Crippen LogP contribution in [0, 0.1) is 12.3 Å². The fraction of sp³-hybridized carbons (Fsp3) is 0.625. The summed E-state index contributed by atoms with van der Waals surface area (Å²) in [5.41, 5.74) is 2.62. The zero-order chi connectivity index (χ0) is 13.5. The third-order valence-electron chi connectivity index (χ3n) is 4.98. The topological polar surface area (TPSA) is 41.5 Å². The van der Waals surface area contributed by atoms with E-state index in [1.807, 2.05) is 19.1 Å². The van der Waals surface area contributed by atoms with E-state index in [0.29, 0.717) is 23.3 Å². The average Bonchev–Trinajstić information content (AvgIpc) is 2.28. The Kier molecular flexibility index (Phi) is 3.17. The number of rotatable bonds is 4. The van der Waals surface area contributed by atoms with Gasteiger partial charge in [0, 0.05) is 23.8 Å². The molecular weight excluding hydrogens is 238 g/mol. The molecule has 2 aliphatic rings. The van der Waals surface area contributed by atoms with Crippen molar-refractivity contribution in [1.82, 2.24) is 0 Å². The first-order valence-corrected chi connectivity index (χ1v) is 7.33. The average molecular weight is 261 g/mol. The molecule has 0 heterocycles. The second-order valence-corrected chi connectivity index (χ2v) is 5.96. The molecule has 2 fully saturated rings. The molecule has 3 rings (SSSR count). The molecule has 19 heavy (non-hydrogen) atoms. The standard InChI is InChI=1S/C16H23NO2/c1-3-19-15-10-14(16(15)7-4-8-16)17-13-6-5-12(18)9-11(13)2/h5-6,9,14-15,17-18H,3-4,7-8,10H2,1-2H3. The number of aromatic hydroxyl groups is 1. The van der Waals surface area contributed by atoms with Crippen molar-refractivity contribution < 1.29 is 9.84 Å². The van der Waals surface area contributed by atoms with E-state index in [1.54, 1.807) is 6.07 Å². The zero-order valence-corrected chi connectivity index (χ0v) is 11.8. The van der Waals surface area contributed by atoms with Crippen LogP contribution >= 0.6 is 0 Å². The Balaban J connectivity index is 1.71. The van der Waals surface area contributed by atoms with Crippen LogP contribution in [-0.2, 0) is 4.74 Å². The van der Waals surface area contributed by atoms with E-state index < -0.39 is 0 Å². The molecule has 2 aliphatic carbocycles. The number of aryl methyl sites for hydroxylation is 1. The molecule has 2 atom stereocenters. The van der Waals surface area contributed by atoms with Gasteiger partial charge in [-0.3, -0.25) is 0 Å². The van der Waals surface area contributed by atoms with Crippen LogP contribution in [0.3, 0.4) is 0 Å². The van der Waals surface area contributed by atoms with Crippen LogP contribution in [0.1, 0.15) is 38.2 Å². The second-order valence-electron chi connectivity index (χ2n) is 5.96. The third-order valence-corrected chi connectivity index (χ3v) is 4.98. The van der Waals surface area contributed by atoms with E-state index in [4.69, 9.17) is 4.74 Å². The van der Waals surface area contributed by atoms with Crippen molar-refractivity contribution in [2.75, 3.05) is 11.9 Å². The first kappa shape index (κ1) is 12.8. The van der Waals surface area contributed by atoms with E-state index in [9.17, 15) is 5.11 Å². The molecule has 3 nitrogen and oxygen atoms in total. The lowest BCUT2D eigenvalue weighted by molar-refractivity contribution is -0.157. The van der Waals surface area contributed by atoms with E-state index in [2.05, 4.69) is 12.2 Å². The number of phenolic OH excluding ortho intramolecular Hbond substituents is 1. The third kappa shape index (κ3) is 2.00. The van der Waals surface area contributed by atoms with Crippen molar-refractivity contribution in [1.29, 1.82) is 0 Å². The summed E-state index contributed by atoms with van der Waals surface area (Å²) in [6.45, 7) is 4.93. The summed E-state index contributed by atoms with van der Waals surface area (Å²) in [4.78, 5) is 0. The molecule has 3 heteroatoms.